The monoisotopic (exact) mass is 319 g/mol. The molecule has 0 saturated heterocycles. The average Bonchev–Trinajstić information content (AvgIpc) is 2.54. The molecule has 2 N–H and O–H groups in total. The SMILES string of the molecule is Cn1c(NCCNc2ccc([N+](=O)[O-])cc2)cc(=O)n(C)c1=O. The molecule has 0 spiro atoms. The maximum atomic E-state index is 11.8. The molecular formula is C14H17N5O4. The van der Waals surface area contributed by atoms with Gasteiger partial charge in [0, 0.05) is 51.1 Å². The van der Waals surface area contributed by atoms with Crippen LogP contribution in [0.3, 0.4) is 0 Å². The van der Waals surface area contributed by atoms with E-state index in [1.807, 2.05) is 0 Å². The van der Waals surface area contributed by atoms with Crippen molar-refractivity contribution in [2.24, 2.45) is 14.1 Å². The summed E-state index contributed by atoms with van der Waals surface area (Å²) in [5.74, 6) is 0.434. The van der Waals surface area contributed by atoms with E-state index in [0.717, 1.165) is 10.3 Å². The highest BCUT2D eigenvalue weighted by atomic mass is 16.6. The first kappa shape index (κ1) is 16.3. The van der Waals surface area contributed by atoms with Crippen LogP contribution in [0.2, 0.25) is 0 Å². The van der Waals surface area contributed by atoms with E-state index in [1.165, 1.54) is 29.8 Å². The van der Waals surface area contributed by atoms with Crippen molar-refractivity contribution in [1.82, 2.24) is 9.13 Å². The third kappa shape index (κ3) is 3.76. The molecule has 2 aromatic rings. The van der Waals surface area contributed by atoms with Crippen LogP contribution in [0.4, 0.5) is 17.2 Å². The quantitative estimate of drug-likeness (QED) is 0.456. The zero-order chi connectivity index (χ0) is 17.0. The summed E-state index contributed by atoms with van der Waals surface area (Å²) < 4.78 is 2.38. The van der Waals surface area contributed by atoms with Gasteiger partial charge in [-0.25, -0.2) is 4.79 Å². The Balaban J connectivity index is 1.92. The lowest BCUT2D eigenvalue weighted by Gasteiger charge is -2.12. The number of nitro groups is 1. The Hall–Kier alpha value is -3.10. The van der Waals surface area contributed by atoms with Crippen LogP contribution in [0.5, 0.6) is 0 Å². The molecule has 0 bridgehead atoms. The number of rotatable bonds is 6. The summed E-state index contributed by atoms with van der Waals surface area (Å²) >= 11 is 0. The molecule has 0 aliphatic rings. The first-order valence-electron chi connectivity index (χ1n) is 6.89. The Morgan fingerprint density at radius 3 is 2.26 bits per heavy atom. The van der Waals surface area contributed by atoms with Crippen molar-refractivity contribution in [2.75, 3.05) is 23.7 Å². The largest absolute Gasteiger partial charge is 0.383 e. The maximum absolute atomic E-state index is 11.8. The highest BCUT2D eigenvalue weighted by Crippen LogP contribution is 2.14. The number of nitrogens with zero attached hydrogens (tertiary/aromatic N) is 3. The summed E-state index contributed by atoms with van der Waals surface area (Å²) in [6, 6.07) is 7.42. The minimum absolute atomic E-state index is 0.0313. The van der Waals surface area contributed by atoms with Crippen LogP contribution in [-0.4, -0.2) is 27.1 Å². The Morgan fingerprint density at radius 2 is 1.65 bits per heavy atom. The Labute approximate surface area is 131 Å². The molecule has 9 heteroatoms. The predicted molar refractivity (Wildman–Crippen MR) is 87.0 cm³/mol. The van der Waals surface area contributed by atoms with Crippen LogP contribution in [0, 0.1) is 10.1 Å². The molecule has 0 aliphatic heterocycles. The number of hydrogen-bond donors (Lipinski definition) is 2. The van der Waals surface area contributed by atoms with Crippen LogP contribution >= 0.6 is 0 Å². The van der Waals surface area contributed by atoms with Gasteiger partial charge in [-0.3, -0.25) is 24.0 Å². The molecule has 122 valence electrons. The molecule has 0 atom stereocenters. The molecule has 0 unspecified atom stereocenters. The van der Waals surface area contributed by atoms with Crippen molar-refractivity contribution < 1.29 is 4.92 Å². The summed E-state index contributed by atoms with van der Waals surface area (Å²) in [5.41, 5.74) is 0.00123. The van der Waals surface area contributed by atoms with E-state index in [0.29, 0.717) is 18.9 Å². The smallest absolute Gasteiger partial charge is 0.332 e. The van der Waals surface area contributed by atoms with E-state index in [1.54, 1.807) is 19.2 Å². The number of nitrogens with one attached hydrogen (secondary N) is 2. The third-order valence-corrected chi connectivity index (χ3v) is 3.36. The molecule has 0 fully saturated rings. The molecule has 0 amide bonds. The van der Waals surface area contributed by atoms with Crippen molar-refractivity contribution in [1.29, 1.82) is 0 Å². The molecule has 0 aliphatic carbocycles. The second-order valence-electron chi connectivity index (χ2n) is 4.93. The van der Waals surface area contributed by atoms with Crippen molar-refractivity contribution >= 4 is 17.2 Å². The van der Waals surface area contributed by atoms with Crippen molar-refractivity contribution in [2.45, 2.75) is 0 Å². The van der Waals surface area contributed by atoms with Gasteiger partial charge in [-0.05, 0) is 12.1 Å². The predicted octanol–water partition coefficient (Wildman–Crippen LogP) is 0.516. The molecule has 23 heavy (non-hydrogen) atoms. The third-order valence-electron chi connectivity index (χ3n) is 3.36. The fourth-order valence-electron chi connectivity index (χ4n) is 2.00. The zero-order valence-electron chi connectivity index (χ0n) is 12.8. The summed E-state index contributed by atoms with van der Waals surface area (Å²) in [7, 11) is 3.00. The Bertz CT molecular complexity index is 823. The van der Waals surface area contributed by atoms with Gasteiger partial charge in [0.25, 0.3) is 11.2 Å². The highest BCUT2D eigenvalue weighted by Gasteiger charge is 2.05. The molecule has 0 saturated carbocycles. The summed E-state index contributed by atoms with van der Waals surface area (Å²) in [6.45, 7) is 0.985. The van der Waals surface area contributed by atoms with Crippen LogP contribution < -0.4 is 21.9 Å². The van der Waals surface area contributed by atoms with Crippen molar-refractivity contribution in [3.63, 3.8) is 0 Å². The van der Waals surface area contributed by atoms with Gasteiger partial charge in [0.05, 0.1) is 4.92 Å². The van der Waals surface area contributed by atoms with E-state index in [4.69, 9.17) is 0 Å². The minimum Gasteiger partial charge on any atom is -0.383 e. The standard InChI is InChI=1S/C14H17N5O4/c1-17-12(9-13(20)18(2)14(17)21)16-8-7-15-10-3-5-11(6-4-10)19(22)23/h3-6,9,15-16H,7-8H2,1-2H3. The van der Waals surface area contributed by atoms with Crippen molar-refractivity contribution in [3.8, 4) is 0 Å². The van der Waals surface area contributed by atoms with Gasteiger partial charge < -0.3 is 10.6 Å². The van der Waals surface area contributed by atoms with Crippen LogP contribution in [0.15, 0.2) is 39.9 Å². The summed E-state index contributed by atoms with van der Waals surface area (Å²) in [5, 5.41) is 16.6. The van der Waals surface area contributed by atoms with Crippen molar-refractivity contribution in [3.05, 3.63) is 61.3 Å². The fraction of sp³-hybridized carbons (Fsp3) is 0.286. The zero-order valence-corrected chi connectivity index (χ0v) is 12.8. The lowest BCUT2D eigenvalue weighted by molar-refractivity contribution is -0.384. The number of aromatic nitrogens is 2. The van der Waals surface area contributed by atoms with Crippen LogP contribution in [0.1, 0.15) is 0 Å². The van der Waals surface area contributed by atoms with Gasteiger partial charge in [0.1, 0.15) is 5.82 Å². The second-order valence-corrected chi connectivity index (χ2v) is 4.93. The normalized spacial score (nSPS) is 10.3. The van der Waals surface area contributed by atoms with E-state index in [-0.39, 0.29) is 11.2 Å². The number of nitro benzene ring substituents is 1. The Kier molecular flexibility index (Phi) is 4.79. The van der Waals surface area contributed by atoms with E-state index >= 15 is 0 Å². The number of non-ortho nitro benzene ring substituents is 1. The van der Waals surface area contributed by atoms with E-state index < -0.39 is 10.6 Å². The van der Waals surface area contributed by atoms with Crippen LogP contribution in [0.25, 0.3) is 0 Å². The van der Waals surface area contributed by atoms with E-state index in [9.17, 15) is 19.7 Å². The van der Waals surface area contributed by atoms with Gasteiger partial charge in [-0.1, -0.05) is 0 Å². The van der Waals surface area contributed by atoms with Gasteiger partial charge in [0.15, 0.2) is 0 Å². The first-order valence-corrected chi connectivity index (χ1v) is 6.89. The number of hydrogen-bond acceptors (Lipinski definition) is 6. The average molecular weight is 319 g/mol. The van der Waals surface area contributed by atoms with Gasteiger partial charge in [-0.15, -0.1) is 0 Å². The summed E-state index contributed by atoms with van der Waals surface area (Å²) in [4.78, 5) is 33.5. The topological polar surface area (TPSA) is 111 Å². The lowest BCUT2D eigenvalue weighted by Crippen LogP contribution is -2.37. The first-order chi connectivity index (χ1) is 10.9. The number of benzene rings is 1. The summed E-state index contributed by atoms with van der Waals surface area (Å²) in [6.07, 6.45) is 0. The molecular weight excluding hydrogens is 302 g/mol. The van der Waals surface area contributed by atoms with Gasteiger partial charge >= 0.3 is 5.69 Å². The van der Waals surface area contributed by atoms with E-state index in [2.05, 4.69) is 10.6 Å². The molecule has 1 aromatic heterocycles. The Morgan fingerprint density at radius 1 is 1.04 bits per heavy atom. The van der Waals surface area contributed by atoms with Crippen LogP contribution in [-0.2, 0) is 14.1 Å². The van der Waals surface area contributed by atoms with Gasteiger partial charge in [-0.2, -0.15) is 0 Å². The van der Waals surface area contributed by atoms with Gasteiger partial charge in [0.2, 0.25) is 0 Å². The molecule has 0 radical (unpaired) electrons. The molecule has 2 rings (SSSR count). The molecule has 1 heterocycles. The molecule has 1 aromatic carbocycles. The second kappa shape index (κ2) is 6.77. The number of anilines is 2. The minimum atomic E-state index is -0.457. The highest BCUT2D eigenvalue weighted by molar-refractivity contribution is 5.48. The molecule has 9 nitrogen and oxygen atoms in total. The lowest BCUT2D eigenvalue weighted by atomic mass is 10.3. The maximum Gasteiger partial charge on any atom is 0.332 e. The fourth-order valence-corrected chi connectivity index (χ4v) is 2.00.